The van der Waals surface area contributed by atoms with E-state index >= 15 is 0 Å². The summed E-state index contributed by atoms with van der Waals surface area (Å²) in [4.78, 5) is 0. The molecule has 0 aromatic heterocycles. The van der Waals surface area contributed by atoms with E-state index in [2.05, 4.69) is 53.8 Å². The average Bonchev–Trinajstić information content (AvgIpc) is 2.58. The van der Waals surface area contributed by atoms with Crippen molar-refractivity contribution in [1.29, 1.82) is 0 Å². The predicted molar refractivity (Wildman–Crippen MR) is 98.9 cm³/mol. The minimum absolute atomic E-state index is 0.662. The highest BCUT2D eigenvalue weighted by Gasteiger charge is 2.02. The zero-order valence-electron chi connectivity index (χ0n) is 12.6. The molecule has 1 N–H and O–H groups in total. The Morgan fingerprint density at radius 2 is 1.39 bits per heavy atom. The molecular weight excluding hydrogens is 325 g/mol. The van der Waals surface area contributed by atoms with Gasteiger partial charge in [-0.05, 0) is 34.4 Å². The largest absolute Gasteiger partial charge is 0.309 e. The van der Waals surface area contributed by atoms with E-state index in [1.54, 1.807) is 6.07 Å². The summed E-state index contributed by atoms with van der Waals surface area (Å²) in [7, 11) is 0. The van der Waals surface area contributed by atoms with E-state index in [0.29, 0.717) is 10.0 Å². The maximum atomic E-state index is 6.18. The minimum Gasteiger partial charge on any atom is -0.309 e. The van der Waals surface area contributed by atoms with Crippen LogP contribution in [0.1, 0.15) is 11.1 Å². The summed E-state index contributed by atoms with van der Waals surface area (Å²) in [5.41, 5.74) is 4.77. The van der Waals surface area contributed by atoms with Gasteiger partial charge in [0, 0.05) is 23.1 Å². The van der Waals surface area contributed by atoms with Crippen LogP contribution in [0.5, 0.6) is 0 Å². The monoisotopic (exact) mass is 341 g/mol. The van der Waals surface area contributed by atoms with Crippen molar-refractivity contribution >= 4 is 23.2 Å². The Kier molecular flexibility index (Phi) is 5.35. The molecule has 0 saturated heterocycles. The number of hydrogen-bond acceptors (Lipinski definition) is 1. The first kappa shape index (κ1) is 16.1. The molecule has 0 aliphatic rings. The van der Waals surface area contributed by atoms with E-state index in [-0.39, 0.29) is 0 Å². The molecule has 1 nitrogen and oxygen atoms in total. The van der Waals surface area contributed by atoms with Crippen molar-refractivity contribution in [2.45, 2.75) is 13.1 Å². The molecule has 0 saturated carbocycles. The predicted octanol–water partition coefficient (Wildman–Crippen LogP) is 5.95. The molecule has 3 rings (SSSR count). The van der Waals surface area contributed by atoms with Gasteiger partial charge in [-0.2, -0.15) is 0 Å². The molecule has 0 atom stereocenters. The molecule has 3 aromatic rings. The van der Waals surface area contributed by atoms with Crippen LogP contribution < -0.4 is 5.32 Å². The number of rotatable bonds is 5. The smallest absolute Gasteiger partial charge is 0.0465 e. The van der Waals surface area contributed by atoms with E-state index in [0.717, 1.165) is 18.7 Å². The van der Waals surface area contributed by atoms with Crippen molar-refractivity contribution in [3.63, 3.8) is 0 Å². The summed E-state index contributed by atoms with van der Waals surface area (Å²) in [6.45, 7) is 1.52. The maximum Gasteiger partial charge on any atom is 0.0465 e. The zero-order valence-corrected chi connectivity index (χ0v) is 14.1. The van der Waals surface area contributed by atoms with Crippen LogP contribution >= 0.6 is 23.2 Å². The van der Waals surface area contributed by atoms with Gasteiger partial charge in [0.25, 0.3) is 0 Å². The summed E-state index contributed by atoms with van der Waals surface area (Å²) in [5, 5.41) is 4.77. The van der Waals surface area contributed by atoms with Crippen molar-refractivity contribution in [1.82, 2.24) is 5.32 Å². The van der Waals surface area contributed by atoms with Crippen LogP contribution in [0.3, 0.4) is 0 Å². The van der Waals surface area contributed by atoms with Crippen LogP contribution in [0.4, 0.5) is 0 Å². The lowest BCUT2D eigenvalue weighted by molar-refractivity contribution is 0.693. The molecule has 23 heavy (non-hydrogen) atoms. The van der Waals surface area contributed by atoms with Gasteiger partial charge in [0.15, 0.2) is 0 Å². The van der Waals surface area contributed by atoms with Gasteiger partial charge in [0.1, 0.15) is 0 Å². The number of hydrogen-bond donors (Lipinski definition) is 1. The van der Waals surface area contributed by atoms with Gasteiger partial charge in [-0.25, -0.2) is 0 Å². The van der Waals surface area contributed by atoms with E-state index < -0.39 is 0 Å². The second kappa shape index (κ2) is 7.65. The molecule has 0 heterocycles. The minimum atomic E-state index is 0.662. The average molecular weight is 342 g/mol. The first-order valence-corrected chi connectivity index (χ1v) is 8.27. The third kappa shape index (κ3) is 4.35. The van der Waals surface area contributed by atoms with E-state index in [1.807, 2.05) is 18.2 Å². The Morgan fingerprint density at radius 3 is 2.09 bits per heavy atom. The Labute approximate surface area is 146 Å². The second-order valence-electron chi connectivity index (χ2n) is 5.40. The lowest BCUT2D eigenvalue weighted by Crippen LogP contribution is -2.12. The van der Waals surface area contributed by atoms with Gasteiger partial charge in [0.2, 0.25) is 0 Å². The molecular formula is C20H17Cl2N. The molecule has 0 amide bonds. The number of nitrogens with one attached hydrogen (secondary N) is 1. The molecule has 0 bridgehead atoms. The van der Waals surface area contributed by atoms with Gasteiger partial charge in [-0.15, -0.1) is 0 Å². The SMILES string of the molecule is Clc1ccc(CNCc2ccc(-c3ccccc3)cc2)c(Cl)c1. The van der Waals surface area contributed by atoms with Crippen molar-refractivity contribution in [2.24, 2.45) is 0 Å². The fourth-order valence-corrected chi connectivity index (χ4v) is 2.93. The molecule has 0 aliphatic carbocycles. The first-order valence-electron chi connectivity index (χ1n) is 7.51. The van der Waals surface area contributed by atoms with Crippen molar-refractivity contribution in [3.8, 4) is 11.1 Å². The number of halogens is 2. The molecule has 116 valence electrons. The fourth-order valence-electron chi connectivity index (χ4n) is 2.45. The van der Waals surface area contributed by atoms with Gasteiger partial charge in [-0.1, -0.05) is 83.9 Å². The second-order valence-corrected chi connectivity index (χ2v) is 6.25. The molecule has 0 aliphatic heterocycles. The summed E-state index contributed by atoms with van der Waals surface area (Å²) < 4.78 is 0. The lowest BCUT2D eigenvalue weighted by Gasteiger charge is -2.08. The quantitative estimate of drug-likeness (QED) is 0.604. The third-order valence-electron chi connectivity index (χ3n) is 3.72. The van der Waals surface area contributed by atoms with Gasteiger partial charge in [-0.3, -0.25) is 0 Å². The van der Waals surface area contributed by atoms with Crippen LogP contribution in [-0.4, -0.2) is 0 Å². The molecule has 0 fully saturated rings. The summed E-state index contributed by atoms with van der Waals surface area (Å²) in [5.74, 6) is 0. The van der Waals surface area contributed by atoms with Crippen molar-refractivity contribution in [3.05, 3.63) is 94.0 Å². The van der Waals surface area contributed by atoms with E-state index in [1.165, 1.54) is 16.7 Å². The van der Waals surface area contributed by atoms with Crippen LogP contribution in [-0.2, 0) is 13.1 Å². The normalized spacial score (nSPS) is 10.7. The summed E-state index contributed by atoms with van der Waals surface area (Å²) >= 11 is 12.1. The Hall–Kier alpha value is -1.80. The third-order valence-corrected chi connectivity index (χ3v) is 4.31. The van der Waals surface area contributed by atoms with Crippen LogP contribution in [0.25, 0.3) is 11.1 Å². The summed E-state index contributed by atoms with van der Waals surface area (Å²) in [6.07, 6.45) is 0. The van der Waals surface area contributed by atoms with Crippen molar-refractivity contribution < 1.29 is 0 Å². The zero-order chi connectivity index (χ0) is 16.1. The maximum absolute atomic E-state index is 6.18. The fraction of sp³-hybridized carbons (Fsp3) is 0.100. The van der Waals surface area contributed by atoms with E-state index in [9.17, 15) is 0 Å². The van der Waals surface area contributed by atoms with Gasteiger partial charge >= 0.3 is 0 Å². The standard InChI is InChI=1S/C20H17Cl2N/c21-19-11-10-18(20(22)12-19)14-23-13-15-6-8-17(9-7-15)16-4-2-1-3-5-16/h1-12,23H,13-14H2. The highest BCUT2D eigenvalue weighted by Crippen LogP contribution is 2.21. The molecule has 3 heteroatoms. The lowest BCUT2D eigenvalue weighted by atomic mass is 10.0. The number of benzene rings is 3. The first-order chi connectivity index (χ1) is 11.2. The topological polar surface area (TPSA) is 12.0 Å². The Bertz CT molecular complexity index is 767. The molecule has 0 unspecified atom stereocenters. The molecule has 0 radical (unpaired) electrons. The highest BCUT2D eigenvalue weighted by molar-refractivity contribution is 6.35. The van der Waals surface area contributed by atoms with Crippen molar-refractivity contribution in [2.75, 3.05) is 0 Å². The Balaban J connectivity index is 1.59. The van der Waals surface area contributed by atoms with E-state index in [4.69, 9.17) is 23.2 Å². The van der Waals surface area contributed by atoms with Crippen LogP contribution in [0, 0.1) is 0 Å². The molecule has 3 aromatic carbocycles. The van der Waals surface area contributed by atoms with Gasteiger partial charge < -0.3 is 5.32 Å². The Morgan fingerprint density at radius 1 is 0.696 bits per heavy atom. The van der Waals surface area contributed by atoms with Crippen LogP contribution in [0.2, 0.25) is 10.0 Å². The van der Waals surface area contributed by atoms with Crippen LogP contribution in [0.15, 0.2) is 72.8 Å². The summed E-state index contributed by atoms with van der Waals surface area (Å²) in [6, 6.07) is 24.6. The highest BCUT2D eigenvalue weighted by atomic mass is 35.5. The molecule has 0 spiro atoms. The van der Waals surface area contributed by atoms with Gasteiger partial charge in [0.05, 0.1) is 0 Å².